The molecule has 0 fully saturated rings. The maximum absolute atomic E-state index is 11.6. The molecule has 1 amide bonds. The first-order valence-corrected chi connectivity index (χ1v) is 4.55. The summed E-state index contributed by atoms with van der Waals surface area (Å²) < 4.78 is 4.59. The van der Waals surface area contributed by atoms with Gasteiger partial charge in [-0.1, -0.05) is 19.0 Å². The minimum absolute atomic E-state index is 0.0919. The molecule has 3 N–H and O–H groups in total. The van der Waals surface area contributed by atoms with Gasteiger partial charge in [0.15, 0.2) is 0 Å². The van der Waals surface area contributed by atoms with Crippen molar-refractivity contribution in [2.75, 3.05) is 11.9 Å². The lowest BCUT2D eigenvalue weighted by Crippen LogP contribution is -2.32. The average molecular weight is 197 g/mol. The van der Waals surface area contributed by atoms with E-state index in [-0.39, 0.29) is 17.7 Å². The Kier molecular flexibility index (Phi) is 3.64. The lowest BCUT2D eigenvalue weighted by Gasteiger charge is -2.17. The smallest absolute Gasteiger partial charge is 0.229 e. The van der Waals surface area contributed by atoms with Crippen LogP contribution in [0.1, 0.15) is 13.8 Å². The minimum atomic E-state index is -0.176. The van der Waals surface area contributed by atoms with Crippen LogP contribution in [-0.4, -0.2) is 17.6 Å². The molecule has 5 nitrogen and oxygen atoms in total. The lowest BCUT2D eigenvalue weighted by atomic mass is 9.95. The van der Waals surface area contributed by atoms with Crippen molar-refractivity contribution < 1.29 is 9.32 Å². The van der Waals surface area contributed by atoms with Gasteiger partial charge in [0, 0.05) is 6.54 Å². The van der Waals surface area contributed by atoms with Crippen molar-refractivity contribution in [2.45, 2.75) is 13.8 Å². The van der Waals surface area contributed by atoms with E-state index in [1.807, 2.05) is 13.8 Å². The summed E-state index contributed by atoms with van der Waals surface area (Å²) in [7, 11) is 0. The zero-order valence-corrected chi connectivity index (χ0v) is 8.36. The summed E-state index contributed by atoms with van der Waals surface area (Å²) in [6.45, 7) is 4.27. The molecule has 5 heteroatoms. The molecule has 0 radical (unpaired) electrons. The van der Waals surface area contributed by atoms with E-state index in [0.717, 1.165) is 0 Å². The van der Waals surface area contributed by atoms with Crippen LogP contribution in [0.3, 0.4) is 0 Å². The molecule has 14 heavy (non-hydrogen) atoms. The molecule has 0 aliphatic rings. The number of carbonyl (C=O) groups excluding carboxylic acids is 1. The second-order valence-corrected chi connectivity index (χ2v) is 3.49. The topological polar surface area (TPSA) is 81.2 Å². The predicted octanol–water partition coefficient (Wildman–Crippen LogP) is 0.844. The van der Waals surface area contributed by atoms with Gasteiger partial charge in [0.05, 0.1) is 12.1 Å². The molecule has 1 aromatic rings. The van der Waals surface area contributed by atoms with Gasteiger partial charge in [-0.2, -0.15) is 0 Å². The molecule has 1 rings (SSSR count). The predicted molar refractivity (Wildman–Crippen MR) is 52.5 cm³/mol. The number of hydrogen-bond acceptors (Lipinski definition) is 4. The van der Waals surface area contributed by atoms with E-state index in [1.54, 1.807) is 0 Å². The summed E-state index contributed by atoms with van der Waals surface area (Å²) >= 11 is 0. The van der Waals surface area contributed by atoms with Gasteiger partial charge >= 0.3 is 0 Å². The van der Waals surface area contributed by atoms with Crippen molar-refractivity contribution in [1.82, 2.24) is 5.16 Å². The van der Waals surface area contributed by atoms with Crippen LogP contribution in [0.15, 0.2) is 17.0 Å². The van der Waals surface area contributed by atoms with Gasteiger partial charge in [0.1, 0.15) is 12.0 Å². The Morgan fingerprint density at radius 2 is 2.43 bits per heavy atom. The van der Waals surface area contributed by atoms with Gasteiger partial charge < -0.3 is 15.6 Å². The zero-order valence-electron chi connectivity index (χ0n) is 8.36. The third kappa shape index (κ3) is 2.56. The van der Waals surface area contributed by atoms with Crippen LogP contribution < -0.4 is 11.1 Å². The first-order valence-electron chi connectivity index (χ1n) is 4.55. The summed E-state index contributed by atoms with van der Waals surface area (Å²) in [6.07, 6.45) is 2.83. The number of nitrogens with two attached hydrogens (primary N) is 1. The fourth-order valence-corrected chi connectivity index (χ4v) is 1.18. The van der Waals surface area contributed by atoms with Crippen LogP contribution in [0, 0.1) is 11.8 Å². The van der Waals surface area contributed by atoms with Crippen molar-refractivity contribution in [1.29, 1.82) is 0 Å². The molecular weight excluding hydrogens is 182 g/mol. The van der Waals surface area contributed by atoms with Crippen molar-refractivity contribution in [3.05, 3.63) is 12.5 Å². The van der Waals surface area contributed by atoms with Crippen molar-refractivity contribution in [2.24, 2.45) is 17.6 Å². The molecule has 1 aromatic heterocycles. The number of rotatable bonds is 4. The average Bonchev–Trinajstić information content (AvgIpc) is 2.57. The number of carbonyl (C=O) groups is 1. The van der Waals surface area contributed by atoms with E-state index in [0.29, 0.717) is 12.2 Å². The largest absolute Gasteiger partial charge is 0.363 e. The maximum atomic E-state index is 11.6. The van der Waals surface area contributed by atoms with Gasteiger partial charge in [-0.15, -0.1) is 0 Å². The number of hydrogen-bond donors (Lipinski definition) is 2. The Labute approximate surface area is 82.6 Å². The molecule has 0 aromatic carbocycles. The summed E-state index contributed by atoms with van der Waals surface area (Å²) in [5.41, 5.74) is 6.07. The standard InChI is InChI=1S/C9H15N3O2/c1-6(2)8(3-10)9(13)12-7-4-11-14-5-7/h4-6,8H,3,10H2,1-2H3,(H,12,13). The SMILES string of the molecule is CC(C)C(CN)C(=O)Nc1cnoc1. The van der Waals surface area contributed by atoms with Gasteiger partial charge in [-0.05, 0) is 5.92 Å². The molecular formula is C9H15N3O2. The third-order valence-corrected chi connectivity index (χ3v) is 2.10. The van der Waals surface area contributed by atoms with Gasteiger partial charge in [0.25, 0.3) is 0 Å². The molecule has 1 unspecified atom stereocenters. The van der Waals surface area contributed by atoms with E-state index >= 15 is 0 Å². The van der Waals surface area contributed by atoms with Crippen molar-refractivity contribution >= 4 is 11.6 Å². The minimum Gasteiger partial charge on any atom is -0.363 e. The Morgan fingerprint density at radius 3 is 2.86 bits per heavy atom. The number of nitrogens with one attached hydrogen (secondary N) is 1. The first kappa shape index (κ1) is 10.7. The molecule has 0 saturated carbocycles. The molecule has 1 heterocycles. The molecule has 78 valence electrons. The maximum Gasteiger partial charge on any atom is 0.229 e. The van der Waals surface area contributed by atoms with Crippen LogP contribution in [0.5, 0.6) is 0 Å². The molecule has 0 saturated heterocycles. The van der Waals surface area contributed by atoms with Crippen LogP contribution >= 0.6 is 0 Å². The Bertz CT molecular complexity index is 282. The third-order valence-electron chi connectivity index (χ3n) is 2.10. The second-order valence-electron chi connectivity index (χ2n) is 3.49. The molecule has 0 bridgehead atoms. The molecule has 0 aliphatic heterocycles. The van der Waals surface area contributed by atoms with Crippen LogP contribution in [0.2, 0.25) is 0 Å². The van der Waals surface area contributed by atoms with E-state index < -0.39 is 0 Å². The summed E-state index contributed by atoms with van der Waals surface area (Å²) in [5, 5.41) is 6.16. The van der Waals surface area contributed by atoms with Gasteiger partial charge in [-0.25, -0.2) is 0 Å². The van der Waals surface area contributed by atoms with Gasteiger partial charge in [0.2, 0.25) is 5.91 Å². The Hall–Kier alpha value is -1.36. The highest BCUT2D eigenvalue weighted by atomic mass is 16.5. The number of aromatic nitrogens is 1. The lowest BCUT2D eigenvalue weighted by molar-refractivity contribution is -0.120. The summed E-state index contributed by atoms with van der Waals surface area (Å²) in [5.74, 6) is -0.0459. The number of nitrogens with zero attached hydrogens (tertiary/aromatic N) is 1. The Balaban J connectivity index is 2.56. The van der Waals surface area contributed by atoms with Crippen LogP contribution in [0.4, 0.5) is 5.69 Å². The highest BCUT2D eigenvalue weighted by Crippen LogP contribution is 2.13. The van der Waals surface area contributed by atoms with E-state index in [2.05, 4.69) is 15.0 Å². The Morgan fingerprint density at radius 1 is 1.71 bits per heavy atom. The summed E-state index contributed by atoms with van der Waals surface area (Å²) in [4.78, 5) is 11.6. The van der Waals surface area contributed by atoms with E-state index in [1.165, 1.54) is 12.5 Å². The monoisotopic (exact) mass is 197 g/mol. The van der Waals surface area contributed by atoms with Crippen molar-refractivity contribution in [3.63, 3.8) is 0 Å². The summed E-state index contributed by atoms with van der Waals surface area (Å²) in [6, 6.07) is 0. The zero-order chi connectivity index (χ0) is 10.6. The number of amides is 1. The second kappa shape index (κ2) is 4.76. The quantitative estimate of drug-likeness (QED) is 0.749. The fraction of sp³-hybridized carbons (Fsp3) is 0.556. The van der Waals surface area contributed by atoms with E-state index in [9.17, 15) is 4.79 Å². The van der Waals surface area contributed by atoms with Crippen LogP contribution in [-0.2, 0) is 4.79 Å². The highest BCUT2D eigenvalue weighted by Gasteiger charge is 2.20. The van der Waals surface area contributed by atoms with E-state index in [4.69, 9.17) is 5.73 Å². The molecule has 1 atom stereocenters. The number of anilines is 1. The highest BCUT2D eigenvalue weighted by molar-refractivity contribution is 5.92. The van der Waals surface area contributed by atoms with Gasteiger partial charge in [-0.3, -0.25) is 4.79 Å². The molecule has 0 spiro atoms. The molecule has 0 aliphatic carbocycles. The fourth-order valence-electron chi connectivity index (χ4n) is 1.18. The van der Waals surface area contributed by atoms with Crippen LogP contribution in [0.25, 0.3) is 0 Å². The first-order chi connectivity index (χ1) is 6.65. The normalized spacial score (nSPS) is 12.9. The van der Waals surface area contributed by atoms with Crippen molar-refractivity contribution in [3.8, 4) is 0 Å².